The van der Waals surface area contributed by atoms with E-state index < -0.39 is 10.0 Å². The highest BCUT2D eigenvalue weighted by atomic mass is 32.2. The number of aromatic nitrogens is 2. The van der Waals surface area contributed by atoms with Crippen LogP contribution in [-0.4, -0.2) is 67.5 Å². The maximum Gasteiger partial charge on any atom is 0.267 e. The summed E-state index contributed by atoms with van der Waals surface area (Å²) in [6.07, 6.45) is 2.93. The van der Waals surface area contributed by atoms with Crippen molar-refractivity contribution in [2.45, 2.75) is 31.3 Å². The zero-order valence-corrected chi connectivity index (χ0v) is 20.9. The number of benzene rings is 1. The number of sulfonamides is 1. The molecule has 0 radical (unpaired) electrons. The van der Waals surface area contributed by atoms with Crippen LogP contribution in [0.5, 0.6) is 5.88 Å². The second-order valence-electron chi connectivity index (χ2n) is 8.76. The average molecular weight is 500 g/mol. The predicted octanol–water partition coefficient (Wildman–Crippen LogP) is 3.62. The fourth-order valence-electron chi connectivity index (χ4n) is 4.11. The Balaban J connectivity index is 1.48. The van der Waals surface area contributed by atoms with Crippen LogP contribution >= 0.6 is 0 Å². The first-order valence-corrected chi connectivity index (χ1v) is 13.0. The predicted molar refractivity (Wildman–Crippen MR) is 133 cm³/mol. The van der Waals surface area contributed by atoms with Gasteiger partial charge in [-0.15, -0.1) is 0 Å². The first-order chi connectivity index (χ1) is 16.8. The molecule has 10 heteroatoms. The molecule has 1 aliphatic rings. The fourth-order valence-corrected chi connectivity index (χ4v) is 5.28. The van der Waals surface area contributed by atoms with Crippen LogP contribution in [0.2, 0.25) is 0 Å². The Morgan fingerprint density at radius 2 is 1.83 bits per heavy atom. The lowest BCUT2D eigenvalue weighted by Crippen LogP contribution is -2.48. The van der Waals surface area contributed by atoms with Crippen molar-refractivity contribution >= 4 is 15.7 Å². The molecule has 1 aromatic carbocycles. The molecule has 0 bridgehead atoms. The normalized spacial score (nSPS) is 15.3. The number of piperazine rings is 1. The highest BCUT2D eigenvalue weighted by Crippen LogP contribution is 2.26. The van der Waals surface area contributed by atoms with Crippen molar-refractivity contribution in [3.05, 3.63) is 66.2 Å². The van der Waals surface area contributed by atoms with E-state index in [1.165, 1.54) is 43.8 Å². The molecule has 4 rings (SSSR count). The first-order valence-electron chi connectivity index (χ1n) is 11.5. The monoisotopic (exact) mass is 499 g/mol. The number of nitrogens with zero attached hydrogens (tertiary/aromatic N) is 4. The second-order valence-corrected chi connectivity index (χ2v) is 10.4. The van der Waals surface area contributed by atoms with E-state index in [0.717, 1.165) is 26.2 Å². The van der Waals surface area contributed by atoms with Gasteiger partial charge >= 0.3 is 0 Å². The quantitative estimate of drug-likeness (QED) is 0.507. The number of halogens is 1. The Morgan fingerprint density at radius 1 is 1.06 bits per heavy atom. The van der Waals surface area contributed by atoms with Gasteiger partial charge in [0.05, 0.1) is 18.5 Å². The van der Waals surface area contributed by atoms with Crippen LogP contribution in [-0.2, 0) is 16.6 Å². The minimum atomic E-state index is -3.94. The Bertz CT molecular complexity index is 1280. The number of anilines is 1. The molecule has 3 aromatic rings. The Kier molecular flexibility index (Phi) is 7.63. The van der Waals surface area contributed by atoms with E-state index >= 15 is 0 Å². The molecule has 0 aliphatic carbocycles. The fraction of sp³-hybridized carbons (Fsp3) is 0.360. The van der Waals surface area contributed by atoms with Gasteiger partial charge in [0.1, 0.15) is 10.7 Å². The zero-order valence-electron chi connectivity index (χ0n) is 20.1. The van der Waals surface area contributed by atoms with Crippen molar-refractivity contribution in [1.82, 2.24) is 19.8 Å². The van der Waals surface area contributed by atoms with Gasteiger partial charge in [-0.25, -0.2) is 17.8 Å². The summed E-state index contributed by atoms with van der Waals surface area (Å²) in [4.78, 5) is 12.8. The van der Waals surface area contributed by atoms with Gasteiger partial charge in [-0.1, -0.05) is 12.1 Å². The van der Waals surface area contributed by atoms with Gasteiger partial charge in [-0.3, -0.25) is 19.5 Å². The van der Waals surface area contributed by atoms with E-state index in [0.29, 0.717) is 35.1 Å². The molecule has 1 saturated heterocycles. The van der Waals surface area contributed by atoms with Crippen molar-refractivity contribution < 1.29 is 17.5 Å². The summed E-state index contributed by atoms with van der Waals surface area (Å²) in [7, 11) is -2.59. The van der Waals surface area contributed by atoms with E-state index in [4.69, 9.17) is 4.74 Å². The minimum absolute atomic E-state index is 0.00226. The number of ether oxygens (including phenoxy) is 1. The van der Waals surface area contributed by atoms with Crippen molar-refractivity contribution in [3.8, 4) is 17.1 Å². The third-order valence-electron chi connectivity index (χ3n) is 6.11. The standard InChI is InChI=1S/C25H30FN5O3S/c1-18(2)31-13-11-30(12-14-31)17-20-7-6-19(15-22(20)26)23-16-21(8-10-27-23)29-35(32,33)24-5-4-9-28-25(24)34-3/h4-10,15-16,18H,11-14,17H2,1-3H3,(H,27,29). The summed E-state index contributed by atoms with van der Waals surface area (Å²) >= 11 is 0. The van der Waals surface area contributed by atoms with Gasteiger partial charge in [0, 0.05) is 62.3 Å². The number of pyridine rings is 2. The highest BCUT2D eigenvalue weighted by Gasteiger charge is 2.22. The van der Waals surface area contributed by atoms with Crippen LogP contribution in [0.3, 0.4) is 0 Å². The number of hydrogen-bond donors (Lipinski definition) is 1. The van der Waals surface area contributed by atoms with Gasteiger partial charge in [0.2, 0.25) is 5.88 Å². The topological polar surface area (TPSA) is 87.7 Å². The van der Waals surface area contributed by atoms with E-state index in [9.17, 15) is 12.8 Å². The molecular weight excluding hydrogens is 469 g/mol. The lowest BCUT2D eigenvalue weighted by Gasteiger charge is -2.37. The smallest absolute Gasteiger partial charge is 0.267 e. The number of hydrogen-bond acceptors (Lipinski definition) is 7. The van der Waals surface area contributed by atoms with E-state index in [2.05, 4.69) is 38.3 Å². The van der Waals surface area contributed by atoms with E-state index in [-0.39, 0.29) is 16.6 Å². The molecule has 0 unspecified atom stereocenters. The van der Waals surface area contributed by atoms with E-state index in [1.54, 1.807) is 12.1 Å². The third-order valence-corrected chi connectivity index (χ3v) is 7.51. The maximum atomic E-state index is 15.0. The summed E-state index contributed by atoms with van der Waals surface area (Å²) in [5, 5.41) is 0. The Morgan fingerprint density at radius 3 is 2.51 bits per heavy atom. The van der Waals surface area contributed by atoms with Gasteiger partial charge in [-0.05, 0) is 44.2 Å². The van der Waals surface area contributed by atoms with Gasteiger partial charge in [0.15, 0.2) is 0 Å². The van der Waals surface area contributed by atoms with Gasteiger partial charge < -0.3 is 4.74 Å². The Hall–Kier alpha value is -3.08. The molecule has 0 atom stereocenters. The summed E-state index contributed by atoms with van der Waals surface area (Å²) in [6, 6.07) is 11.6. The van der Waals surface area contributed by atoms with Gasteiger partial charge in [-0.2, -0.15) is 0 Å². The van der Waals surface area contributed by atoms with Crippen LogP contribution < -0.4 is 9.46 Å². The molecule has 0 saturated carbocycles. The molecule has 8 nitrogen and oxygen atoms in total. The molecule has 186 valence electrons. The molecule has 35 heavy (non-hydrogen) atoms. The molecular formula is C25H30FN5O3S. The third kappa shape index (κ3) is 5.95. The molecule has 1 N–H and O–H groups in total. The average Bonchev–Trinajstić information content (AvgIpc) is 2.85. The van der Waals surface area contributed by atoms with Crippen LogP contribution in [0.4, 0.5) is 10.1 Å². The summed E-state index contributed by atoms with van der Waals surface area (Å²) in [5.41, 5.74) is 1.95. The second kappa shape index (κ2) is 10.7. The SMILES string of the molecule is COc1ncccc1S(=O)(=O)Nc1ccnc(-c2ccc(CN3CCN(C(C)C)CC3)c(F)c2)c1. The molecule has 0 spiro atoms. The zero-order chi connectivity index (χ0) is 25.0. The van der Waals surface area contributed by atoms with Crippen molar-refractivity contribution in [2.75, 3.05) is 38.0 Å². The lowest BCUT2D eigenvalue weighted by atomic mass is 10.1. The van der Waals surface area contributed by atoms with Crippen LogP contribution in [0.1, 0.15) is 19.4 Å². The van der Waals surface area contributed by atoms with Crippen LogP contribution in [0.25, 0.3) is 11.3 Å². The van der Waals surface area contributed by atoms with E-state index in [1.807, 2.05) is 6.07 Å². The largest absolute Gasteiger partial charge is 0.480 e. The molecule has 3 heterocycles. The van der Waals surface area contributed by atoms with Crippen LogP contribution in [0, 0.1) is 5.82 Å². The Labute approximate surface area is 205 Å². The molecule has 2 aromatic heterocycles. The molecule has 0 amide bonds. The number of nitrogens with one attached hydrogen (secondary N) is 1. The summed E-state index contributed by atoms with van der Waals surface area (Å²) in [6.45, 7) is 8.72. The van der Waals surface area contributed by atoms with Crippen LogP contribution in [0.15, 0.2) is 59.8 Å². The van der Waals surface area contributed by atoms with Crippen molar-refractivity contribution in [3.63, 3.8) is 0 Å². The molecule has 1 fully saturated rings. The summed E-state index contributed by atoms with van der Waals surface area (Å²) in [5.74, 6) is -0.306. The minimum Gasteiger partial charge on any atom is -0.480 e. The first kappa shape index (κ1) is 25.0. The molecule has 1 aliphatic heterocycles. The van der Waals surface area contributed by atoms with Gasteiger partial charge in [0.25, 0.3) is 10.0 Å². The summed E-state index contributed by atoms with van der Waals surface area (Å²) < 4.78 is 48.3. The lowest BCUT2D eigenvalue weighted by molar-refractivity contribution is 0.103. The van der Waals surface area contributed by atoms with Crippen molar-refractivity contribution in [1.29, 1.82) is 0 Å². The maximum absolute atomic E-state index is 15.0. The highest BCUT2D eigenvalue weighted by molar-refractivity contribution is 7.92. The number of methoxy groups -OCH3 is 1. The number of rotatable bonds is 8. The van der Waals surface area contributed by atoms with Crippen molar-refractivity contribution in [2.24, 2.45) is 0 Å².